The number of thioether (sulfide) groups is 1. The van der Waals surface area contributed by atoms with Crippen molar-refractivity contribution in [2.75, 3.05) is 17.7 Å². The maximum Gasteiger partial charge on any atom is 0.234 e. The summed E-state index contributed by atoms with van der Waals surface area (Å²) >= 11 is 1.30. The van der Waals surface area contributed by atoms with Gasteiger partial charge in [-0.1, -0.05) is 23.9 Å². The van der Waals surface area contributed by atoms with E-state index in [1.807, 2.05) is 42.8 Å². The second-order valence-corrected chi connectivity index (χ2v) is 7.24. The van der Waals surface area contributed by atoms with Gasteiger partial charge in [0.15, 0.2) is 16.8 Å². The molecule has 0 saturated carbocycles. The van der Waals surface area contributed by atoms with Gasteiger partial charge in [-0.15, -0.1) is 10.2 Å². The number of nitrogens with zero attached hydrogens (tertiary/aromatic N) is 3. The first kappa shape index (κ1) is 20.6. The van der Waals surface area contributed by atoms with Crippen LogP contribution in [0.15, 0.2) is 53.7 Å². The van der Waals surface area contributed by atoms with Crippen molar-refractivity contribution in [2.24, 2.45) is 7.05 Å². The van der Waals surface area contributed by atoms with Crippen LogP contribution in [0, 0.1) is 0 Å². The Kier molecular flexibility index (Phi) is 6.66. The molecule has 0 fully saturated rings. The van der Waals surface area contributed by atoms with Crippen molar-refractivity contribution in [1.82, 2.24) is 14.8 Å². The molecule has 2 aromatic carbocycles. The van der Waals surface area contributed by atoms with E-state index in [1.54, 1.807) is 24.3 Å². The van der Waals surface area contributed by atoms with Crippen LogP contribution in [0.2, 0.25) is 0 Å². The molecule has 0 saturated heterocycles. The molecule has 8 heteroatoms. The Bertz CT molecular complexity index is 1020. The number of rotatable bonds is 8. The third-order valence-corrected chi connectivity index (χ3v) is 5.16. The van der Waals surface area contributed by atoms with Crippen LogP contribution in [0.4, 0.5) is 5.69 Å². The molecule has 3 rings (SSSR count). The fourth-order valence-electron chi connectivity index (χ4n) is 2.70. The fraction of sp³-hybridized carbons (Fsp3) is 0.238. The number of amides is 1. The number of anilines is 1. The van der Waals surface area contributed by atoms with E-state index < -0.39 is 0 Å². The third-order valence-electron chi connectivity index (χ3n) is 4.14. The normalized spacial score (nSPS) is 10.6. The Morgan fingerprint density at radius 1 is 1.14 bits per heavy atom. The van der Waals surface area contributed by atoms with Crippen LogP contribution in [-0.4, -0.2) is 38.8 Å². The van der Waals surface area contributed by atoms with Crippen molar-refractivity contribution in [3.8, 4) is 17.1 Å². The first-order valence-corrected chi connectivity index (χ1v) is 10.1. The molecule has 1 aromatic heterocycles. The largest absolute Gasteiger partial charge is 0.494 e. The van der Waals surface area contributed by atoms with Crippen molar-refractivity contribution in [2.45, 2.75) is 19.0 Å². The molecule has 29 heavy (non-hydrogen) atoms. The van der Waals surface area contributed by atoms with Gasteiger partial charge in [0.1, 0.15) is 5.75 Å². The number of nitrogens with one attached hydrogen (secondary N) is 1. The lowest BCUT2D eigenvalue weighted by atomic mass is 10.1. The number of carbonyl (C=O) groups is 2. The van der Waals surface area contributed by atoms with E-state index in [0.717, 1.165) is 11.3 Å². The van der Waals surface area contributed by atoms with Crippen LogP contribution < -0.4 is 10.1 Å². The first-order valence-electron chi connectivity index (χ1n) is 9.14. The van der Waals surface area contributed by atoms with E-state index in [-0.39, 0.29) is 17.4 Å². The van der Waals surface area contributed by atoms with E-state index in [9.17, 15) is 9.59 Å². The Morgan fingerprint density at radius 2 is 1.90 bits per heavy atom. The molecular formula is C21H22N4O3S. The van der Waals surface area contributed by atoms with Crippen molar-refractivity contribution >= 4 is 29.1 Å². The number of ether oxygens (including phenoxy) is 1. The standard InChI is InChI=1S/C21H22N4O3S/c1-4-28-18-10-8-15(9-11-18)20-23-24-21(25(20)3)29-13-19(27)22-17-7-5-6-16(12-17)14(2)26/h5-12H,4,13H2,1-3H3,(H,22,27). The van der Waals surface area contributed by atoms with E-state index >= 15 is 0 Å². The molecule has 0 radical (unpaired) electrons. The molecular weight excluding hydrogens is 388 g/mol. The lowest BCUT2D eigenvalue weighted by Crippen LogP contribution is -2.14. The highest BCUT2D eigenvalue weighted by Gasteiger charge is 2.13. The van der Waals surface area contributed by atoms with Gasteiger partial charge in [-0.25, -0.2) is 0 Å². The predicted octanol–water partition coefficient (Wildman–Crippen LogP) is 3.81. The molecule has 1 N–H and O–H groups in total. The summed E-state index contributed by atoms with van der Waals surface area (Å²) in [7, 11) is 1.86. The number of aromatic nitrogens is 3. The third kappa shape index (κ3) is 5.23. The Hall–Kier alpha value is -3.13. The molecule has 0 unspecified atom stereocenters. The van der Waals surface area contributed by atoms with Crippen molar-refractivity contribution in [3.63, 3.8) is 0 Å². The topological polar surface area (TPSA) is 86.1 Å². The summed E-state index contributed by atoms with van der Waals surface area (Å²) in [5, 5.41) is 11.9. The van der Waals surface area contributed by atoms with Gasteiger partial charge in [0, 0.05) is 23.9 Å². The summed E-state index contributed by atoms with van der Waals surface area (Å²) in [5.41, 5.74) is 2.07. The highest BCUT2D eigenvalue weighted by Crippen LogP contribution is 2.24. The Labute approximate surface area is 173 Å². The lowest BCUT2D eigenvalue weighted by Gasteiger charge is -2.07. The second kappa shape index (κ2) is 9.38. The van der Waals surface area contributed by atoms with Gasteiger partial charge in [-0.3, -0.25) is 9.59 Å². The maximum atomic E-state index is 12.3. The average Bonchev–Trinajstić information content (AvgIpc) is 3.08. The number of Topliss-reactive ketones (excluding diaryl/α,β-unsaturated/α-hetero) is 1. The quantitative estimate of drug-likeness (QED) is 0.449. The second-order valence-electron chi connectivity index (χ2n) is 6.30. The van der Waals surface area contributed by atoms with Gasteiger partial charge in [-0.05, 0) is 50.2 Å². The summed E-state index contributed by atoms with van der Waals surface area (Å²) in [6.45, 7) is 4.05. The number of benzene rings is 2. The molecule has 3 aromatic rings. The smallest absolute Gasteiger partial charge is 0.234 e. The molecule has 150 valence electrons. The summed E-state index contributed by atoms with van der Waals surface area (Å²) in [5.74, 6) is 1.47. The zero-order valence-electron chi connectivity index (χ0n) is 16.5. The summed E-state index contributed by atoms with van der Waals surface area (Å²) < 4.78 is 7.31. The molecule has 0 aliphatic heterocycles. The highest BCUT2D eigenvalue weighted by molar-refractivity contribution is 7.99. The van der Waals surface area contributed by atoms with Crippen LogP contribution in [-0.2, 0) is 11.8 Å². The molecule has 0 bridgehead atoms. The van der Waals surface area contributed by atoms with E-state index in [2.05, 4.69) is 15.5 Å². The van der Waals surface area contributed by atoms with Crippen LogP contribution in [0.1, 0.15) is 24.2 Å². The monoisotopic (exact) mass is 410 g/mol. The van der Waals surface area contributed by atoms with Gasteiger partial charge in [0.25, 0.3) is 0 Å². The van der Waals surface area contributed by atoms with Crippen LogP contribution in [0.3, 0.4) is 0 Å². The minimum Gasteiger partial charge on any atom is -0.494 e. The van der Waals surface area contributed by atoms with Gasteiger partial charge >= 0.3 is 0 Å². The highest BCUT2D eigenvalue weighted by atomic mass is 32.2. The minimum atomic E-state index is -0.179. The summed E-state index contributed by atoms with van der Waals surface area (Å²) in [6.07, 6.45) is 0. The molecule has 0 atom stereocenters. The molecule has 0 aliphatic rings. The molecule has 1 heterocycles. The molecule has 1 amide bonds. The lowest BCUT2D eigenvalue weighted by molar-refractivity contribution is -0.113. The van der Waals surface area contributed by atoms with E-state index in [4.69, 9.17) is 4.74 Å². The van der Waals surface area contributed by atoms with E-state index in [0.29, 0.717) is 28.8 Å². The number of carbonyl (C=O) groups excluding carboxylic acids is 2. The van der Waals surface area contributed by atoms with Crippen LogP contribution >= 0.6 is 11.8 Å². The fourth-order valence-corrected chi connectivity index (χ4v) is 3.41. The Morgan fingerprint density at radius 3 is 2.59 bits per heavy atom. The van der Waals surface area contributed by atoms with Crippen molar-refractivity contribution in [3.05, 3.63) is 54.1 Å². The van der Waals surface area contributed by atoms with Crippen LogP contribution in [0.5, 0.6) is 5.75 Å². The number of hydrogen-bond acceptors (Lipinski definition) is 6. The van der Waals surface area contributed by atoms with Crippen LogP contribution in [0.25, 0.3) is 11.4 Å². The first-order chi connectivity index (χ1) is 14.0. The Balaban J connectivity index is 1.62. The van der Waals surface area contributed by atoms with Crippen molar-refractivity contribution < 1.29 is 14.3 Å². The molecule has 0 spiro atoms. The summed E-state index contributed by atoms with van der Waals surface area (Å²) in [4.78, 5) is 23.7. The van der Waals surface area contributed by atoms with Crippen molar-refractivity contribution in [1.29, 1.82) is 0 Å². The number of hydrogen-bond donors (Lipinski definition) is 1. The number of ketones is 1. The average molecular weight is 410 g/mol. The molecule has 0 aliphatic carbocycles. The zero-order valence-corrected chi connectivity index (χ0v) is 17.3. The van der Waals surface area contributed by atoms with Gasteiger partial charge in [0.05, 0.1) is 12.4 Å². The minimum absolute atomic E-state index is 0.0450. The SMILES string of the molecule is CCOc1ccc(-c2nnc(SCC(=O)Nc3cccc(C(C)=O)c3)n2C)cc1. The maximum absolute atomic E-state index is 12.3. The van der Waals surface area contributed by atoms with E-state index in [1.165, 1.54) is 18.7 Å². The van der Waals surface area contributed by atoms with Gasteiger partial charge < -0.3 is 14.6 Å². The zero-order chi connectivity index (χ0) is 20.8. The predicted molar refractivity (Wildman–Crippen MR) is 113 cm³/mol. The summed E-state index contributed by atoms with van der Waals surface area (Å²) in [6, 6.07) is 14.5. The van der Waals surface area contributed by atoms with Gasteiger partial charge in [-0.2, -0.15) is 0 Å². The molecule has 7 nitrogen and oxygen atoms in total. The van der Waals surface area contributed by atoms with Gasteiger partial charge in [0.2, 0.25) is 5.91 Å².